The lowest BCUT2D eigenvalue weighted by Crippen LogP contribution is -2.38. The van der Waals surface area contributed by atoms with Crippen LogP contribution >= 0.6 is 0 Å². The number of carbonyl (C=O) groups excluding carboxylic acids is 2. The maximum Gasteiger partial charge on any atom is 0.314 e. The number of rotatable bonds is 6. The summed E-state index contributed by atoms with van der Waals surface area (Å²) in [5.74, 6) is 0.0216. The van der Waals surface area contributed by atoms with Crippen LogP contribution in [0.25, 0.3) is 0 Å². The van der Waals surface area contributed by atoms with E-state index in [1.807, 2.05) is 6.92 Å². The van der Waals surface area contributed by atoms with Crippen LogP contribution in [0.5, 0.6) is 0 Å². The number of amides is 3. The van der Waals surface area contributed by atoms with Crippen molar-refractivity contribution in [1.29, 1.82) is 0 Å². The van der Waals surface area contributed by atoms with Gasteiger partial charge in [-0.2, -0.15) is 0 Å². The van der Waals surface area contributed by atoms with Crippen LogP contribution in [0, 0.1) is 0 Å². The van der Waals surface area contributed by atoms with Crippen LogP contribution in [0.2, 0.25) is 0 Å². The van der Waals surface area contributed by atoms with Crippen LogP contribution in [0.1, 0.15) is 32.6 Å². The summed E-state index contributed by atoms with van der Waals surface area (Å²) in [4.78, 5) is 22.3. The highest BCUT2D eigenvalue weighted by Gasteiger charge is 2.22. The Hall–Kier alpha value is -1.26. The molecule has 0 aromatic heterocycles. The molecule has 0 bridgehead atoms. The van der Waals surface area contributed by atoms with Crippen LogP contribution in [0.3, 0.4) is 0 Å². The monoisotopic (exact) mass is 213 g/mol. The Bertz CT molecular complexity index is 227. The zero-order chi connectivity index (χ0) is 11.1. The number of hydrogen-bond donors (Lipinski definition) is 3. The smallest absolute Gasteiger partial charge is 0.314 e. The molecule has 5 heteroatoms. The van der Waals surface area contributed by atoms with Crippen LogP contribution in [-0.2, 0) is 4.79 Å². The quantitative estimate of drug-likeness (QED) is 0.596. The van der Waals surface area contributed by atoms with E-state index >= 15 is 0 Å². The zero-order valence-corrected chi connectivity index (χ0v) is 9.14. The Morgan fingerprint density at radius 1 is 1.20 bits per heavy atom. The molecule has 5 nitrogen and oxygen atoms in total. The van der Waals surface area contributed by atoms with Gasteiger partial charge in [0.2, 0.25) is 5.91 Å². The van der Waals surface area contributed by atoms with Crippen molar-refractivity contribution >= 4 is 11.9 Å². The molecule has 1 aliphatic rings. The fourth-order valence-corrected chi connectivity index (χ4v) is 1.12. The van der Waals surface area contributed by atoms with Gasteiger partial charge in [-0.05, 0) is 19.3 Å². The maximum atomic E-state index is 11.2. The highest BCUT2D eigenvalue weighted by molar-refractivity contribution is 5.78. The molecule has 1 aliphatic carbocycles. The van der Waals surface area contributed by atoms with Gasteiger partial charge in [0.25, 0.3) is 0 Å². The first kappa shape index (κ1) is 11.8. The van der Waals surface area contributed by atoms with E-state index in [-0.39, 0.29) is 11.9 Å². The van der Waals surface area contributed by atoms with Gasteiger partial charge in [0.1, 0.15) is 0 Å². The normalized spacial score (nSPS) is 14.5. The average Bonchev–Trinajstić information content (AvgIpc) is 2.98. The van der Waals surface area contributed by atoms with Crippen molar-refractivity contribution in [1.82, 2.24) is 16.0 Å². The fraction of sp³-hybridized carbons (Fsp3) is 0.800. The van der Waals surface area contributed by atoms with Gasteiger partial charge in [0.15, 0.2) is 0 Å². The van der Waals surface area contributed by atoms with Gasteiger partial charge in [-0.1, -0.05) is 6.92 Å². The van der Waals surface area contributed by atoms with E-state index in [9.17, 15) is 9.59 Å². The molecule has 0 aromatic carbocycles. The summed E-state index contributed by atoms with van der Waals surface area (Å²) >= 11 is 0. The van der Waals surface area contributed by atoms with Crippen molar-refractivity contribution in [2.75, 3.05) is 13.1 Å². The van der Waals surface area contributed by atoms with Gasteiger partial charge in [0.05, 0.1) is 0 Å². The van der Waals surface area contributed by atoms with Crippen molar-refractivity contribution in [2.45, 2.75) is 38.6 Å². The van der Waals surface area contributed by atoms with Gasteiger partial charge in [-0.15, -0.1) is 0 Å². The molecule has 0 saturated heterocycles. The molecule has 1 saturated carbocycles. The van der Waals surface area contributed by atoms with E-state index in [0.29, 0.717) is 25.6 Å². The summed E-state index contributed by atoms with van der Waals surface area (Å²) in [6.07, 6.45) is 3.46. The minimum Gasteiger partial charge on any atom is -0.353 e. The number of carbonyl (C=O) groups is 2. The minimum absolute atomic E-state index is 0.0216. The second-order valence-corrected chi connectivity index (χ2v) is 3.77. The van der Waals surface area contributed by atoms with E-state index in [4.69, 9.17) is 0 Å². The summed E-state index contributed by atoms with van der Waals surface area (Å²) in [6.45, 7) is 3.05. The first-order valence-electron chi connectivity index (χ1n) is 5.53. The lowest BCUT2D eigenvalue weighted by atomic mass is 10.4. The van der Waals surface area contributed by atoms with E-state index in [1.54, 1.807) is 0 Å². The average molecular weight is 213 g/mol. The standard InChI is InChI=1S/C10H19N3O2/c1-2-6-11-10(15)12-7-5-9(14)13-8-3-4-8/h8H,2-7H2,1H3,(H,13,14)(H2,11,12,15). The SMILES string of the molecule is CCCNC(=O)NCCC(=O)NC1CC1. The molecule has 1 fully saturated rings. The summed E-state index contributed by atoms with van der Waals surface area (Å²) in [5.41, 5.74) is 0. The minimum atomic E-state index is -0.198. The number of urea groups is 1. The highest BCUT2D eigenvalue weighted by atomic mass is 16.2. The van der Waals surface area contributed by atoms with E-state index in [1.165, 1.54) is 0 Å². The third-order valence-corrected chi connectivity index (χ3v) is 2.12. The fourth-order valence-electron chi connectivity index (χ4n) is 1.12. The van der Waals surface area contributed by atoms with Crippen LogP contribution in [-0.4, -0.2) is 31.1 Å². The first-order chi connectivity index (χ1) is 7.22. The molecule has 0 aliphatic heterocycles. The zero-order valence-electron chi connectivity index (χ0n) is 9.14. The molecule has 0 spiro atoms. The first-order valence-corrected chi connectivity index (χ1v) is 5.53. The molecule has 0 heterocycles. The summed E-state index contributed by atoms with van der Waals surface area (Å²) in [7, 11) is 0. The topological polar surface area (TPSA) is 70.2 Å². The van der Waals surface area contributed by atoms with Gasteiger partial charge in [-0.3, -0.25) is 4.79 Å². The van der Waals surface area contributed by atoms with Gasteiger partial charge in [-0.25, -0.2) is 4.79 Å². The van der Waals surface area contributed by atoms with Crippen molar-refractivity contribution in [3.63, 3.8) is 0 Å². The molecule has 0 atom stereocenters. The number of hydrogen-bond acceptors (Lipinski definition) is 2. The molecule has 0 radical (unpaired) electrons. The van der Waals surface area contributed by atoms with Crippen molar-refractivity contribution in [3.05, 3.63) is 0 Å². The van der Waals surface area contributed by atoms with Crippen molar-refractivity contribution in [2.24, 2.45) is 0 Å². The Morgan fingerprint density at radius 3 is 2.47 bits per heavy atom. The van der Waals surface area contributed by atoms with Gasteiger partial charge >= 0.3 is 6.03 Å². The van der Waals surface area contributed by atoms with E-state index in [0.717, 1.165) is 19.3 Å². The predicted octanol–water partition coefficient (Wildman–Crippen LogP) is 0.364. The third-order valence-electron chi connectivity index (χ3n) is 2.12. The molecular formula is C10H19N3O2. The van der Waals surface area contributed by atoms with Crippen LogP contribution in [0.15, 0.2) is 0 Å². The molecule has 3 N–H and O–H groups in total. The van der Waals surface area contributed by atoms with Crippen molar-refractivity contribution in [3.8, 4) is 0 Å². The van der Waals surface area contributed by atoms with E-state index in [2.05, 4.69) is 16.0 Å². The molecule has 86 valence electrons. The predicted molar refractivity (Wildman–Crippen MR) is 57.5 cm³/mol. The Labute approximate surface area is 90.0 Å². The summed E-state index contributed by atoms with van der Waals surface area (Å²) < 4.78 is 0. The van der Waals surface area contributed by atoms with Crippen LogP contribution in [0.4, 0.5) is 4.79 Å². The second-order valence-electron chi connectivity index (χ2n) is 3.77. The Morgan fingerprint density at radius 2 is 1.87 bits per heavy atom. The van der Waals surface area contributed by atoms with E-state index < -0.39 is 0 Å². The Kier molecular flexibility index (Phi) is 4.93. The summed E-state index contributed by atoms with van der Waals surface area (Å²) in [6, 6.07) is 0.197. The van der Waals surface area contributed by atoms with Crippen molar-refractivity contribution < 1.29 is 9.59 Å². The lowest BCUT2D eigenvalue weighted by molar-refractivity contribution is -0.121. The highest BCUT2D eigenvalue weighted by Crippen LogP contribution is 2.18. The molecule has 0 unspecified atom stereocenters. The third kappa shape index (κ3) is 5.93. The molecule has 1 rings (SSSR count). The molecule has 3 amide bonds. The molecule has 0 aromatic rings. The second kappa shape index (κ2) is 6.27. The maximum absolute atomic E-state index is 11.2. The lowest BCUT2D eigenvalue weighted by Gasteiger charge is -2.06. The largest absolute Gasteiger partial charge is 0.353 e. The van der Waals surface area contributed by atoms with Gasteiger partial charge < -0.3 is 16.0 Å². The summed E-state index contributed by atoms with van der Waals surface area (Å²) in [5, 5.41) is 8.17. The molecule has 15 heavy (non-hydrogen) atoms. The van der Waals surface area contributed by atoms with Gasteiger partial charge in [0, 0.05) is 25.6 Å². The molecular weight excluding hydrogens is 194 g/mol. The number of nitrogens with one attached hydrogen (secondary N) is 3. The Balaban J connectivity index is 1.94. The van der Waals surface area contributed by atoms with Crippen LogP contribution < -0.4 is 16.0 Å².